The topological polar surface area (TPSA) is 29.5 Å². The molecule has 0 aliphatic rings. The first kappa shape index (κ1) is 29.6. The SMILES string of the molecule is c1ccc(-c2c(N(c3ccc(-c4cccc5c4oc4ccccc45)cc3)c3cccc4oc5ccccc5c34)c3ccccc3c3ccccc23)cc1. The van der Waals surface area contributed by atoms with Crippen molar-refractivity contribution in [3.05, 3.63) is 188 Å². The van der Waals surface area contributed by atoms with Crippen LogP contribution in [0, 0.1) is 0 Å². The van der Waals surface area contributed by atoms with Crippen LogP contribution in [-0.4, -0.2) is 0 Å². The van der Waals surface area contributed by atoms with Crippen molar-refractivity contribution in [1.82, 2.24) is 0 Å². The Morgan fingerprint density at radius 1 is 0.340 bits per heavy atom. The highest BCUT2D eigenvalue weighted by Gasteiger charge is 2.26. The molecule has 11 aromatic rings. The largest absolute Gasteiger partial charge is 0.456 e. The van der Waals surface area contributed by atoms with Gasteiger partial charge in [0.25, 0.3) is 0 Å². The van der Waals surface area contributed by atoms with Gasteiger partial charge in [-0.25, -0.2) is 0 Å². The molecule has 2 heterocycles. The Balaban J connectivity index is 1.23. The Labute approximate surface area is 305 Å². The van der Waals surface area contributed by atoms with E-state index >= 15 is 0 Å². The summed E-state index contributed by atoms with van der Waals surface area (Å²) in [6.07, 6.45) is 0. The van der Waals surface area contributed by atoms with Gasteiger partial charge in [-0.2, -0.15) is 0 Å². The van der Waals surface area contributed by atoms with Crippen LogP contribution in [0.3, 0.4) is 0 Å². The number of anilines is 3. The minimum Gasteiger partial charge on any atom is -0.456 e. The molecule has 53 heavy (non-hydrogen) atoms. The molecule has 0 N–H and O–H groups in total. The minimum absolute atomic E-state index is 0.855. The van der Waals surface area contributed by atoms with Crippen molar-refractivity contribution >= 4 is 82.5 Å². The molecule has 0 saturated carbocycles. The van der Waals surface area contributed by atoms with E-state index < -0.39 is 0 Å². The van der Waals surface area contributed by atoms with Crippen LogP contribution in [0.5, 0.6) is 0 Å². The Kier molecular flexibility index (Phi) is 6.55. The van der Waals surface area contributed by atoms with E-state index in [4.69, 9.17) is 8.83 Å². The van der Waals surface area contributed by atoms with Gasteiger partial charge in [-0.1, -0.05) is 152 Å². The predicted molar refractivity (Wildman–Crippen MR) is 222 cm³/mol. The van der Waals surface area contributed by atoms with Gasteiger partial charge in [-0.15, -0.1) is 0 Å². The van der Waals surface area contributed by atoms with E-state index in [9.17, 15) is 0 Å². The Morgan fingerprint density at radius 2 is 0.906 bits per heavy atom. The third kappa shape index (κ3) is 4.54. The molecule has 0 saturated heterocycles. The van der Waals surface area contributed by atoms with Crippen LogP contribution in [0.4, 0.5) is 17.1 Å². The van der Waals surface area contributed by atoms with Crippen molar-refractivity contribution in [2.75, 3.05) is 4.90 Å². The third-order valence-corrected chi connectivity index (χ3v) is 10.7. The van der Waals surface area contributed by atoms with Crippen LogP contribution in [0.1, 0.15) is 0 Å². The van der Waals surface area contributed by atoms with Crippen molar-refractivity contribution in [3.8, 4) is 22.3 Å². The number of hydrogen-bond acceptors (Lipinski definition) is 3. The summed E-state index contributed by atoms with van der Waals surface area (Å²) >= 11 is 0. The molecule has 0 fully saturated rings. The zero-order valence-corrected chi connectivity index (χ0v) is 28.7. The first-order valence-electron chi connectivity index (χ1n) is 18.0. The van der Waals surface area contributed by atoms with Gasteiger partial charge in [-0.3, -0.25) is 0 Å². The maximum atomic E-state index is 6.49. The average molecular weight is 678 g/mol. The van der Waals surface area contributed by atoms with E-state index in [2.05, 4.69) is 175 Å². The van der Waals surface area contributed by atoms with Gasteiger partial charge >= 0.3 is 0 Å². The normalized spacial score (nSPS) is 11.8. The standard InChI is InChI=1S/C50H31NO2/c1-2-14-33(15-3-1)47-39-19-6-4-16-36(39)37-17-5-7-20-40(37)49(47)51(43-24-13-27-46-48(43)42-21-9-11-26-45(42)52-46)34-30-28-32(29-31-34)35-22-12-23-41-38-18-8-10-25-44(38)53-50(35)41/h1-31H. The second-order valence-electron chi connectivity index (χ2n) is 13.6. The molecular weight excluding hydrogens is 647 g/mol. The van der Waals surface area contributed by atoms with Gasteiger partial charge in [0.1, 0.15) is 22.3 Å². The summed E-state index contributed by atoms with van der Waals surface area (Å²) in [6, 6.07) is 66.8. The lowest BCUT2D eigenvalue weighted by atomic mass is 9.89. The molecule has 3 heteroatoms. The summed E-state index contributed by atoms with van der Waals surface area (Å²) in [5.41, 5.74) is 11.2. The highest BCUT2D eigenvalue weighted by atomic mass is 16.3. The molecule has 0 aliphatic carbocycles. The maximum absolute atomic E-state index is 6.49. The zero-order valence-electron chi connectivity index (χ0n) is 28.7. The minimum atomic E-state index is 0.855. The first-order chi connectivity index (χ1) is 26.3. The van der Waals surface area contributed by atoms with E-state index in [1.165, 1.54) is 27.1 Å². The van der Waals surface area contributed by atoms with Crippen LogP contribution in [0.2, 0.25) is 0 Å². The number of nitrogens with zero attached hydrogens (tertiary/aromatic N) is 1. The molecule has 0 radical (unpaired) electrons. The Hall–Kier alpha value is -7.10. The van der Waals surface area contributed by atoms with Crippen molar-refractivity contribution in [2.24, 2.45) is 0 Å². The fourth-order valence-corrected chi connectivity index (χ4v) is 8.35. The summed E-state index contributed by atoms with van der Waals surface area (Å²) in [5, 5.41) is 9.23. The average Bonchev–Trinajstić information content (AvgIpc) is 3.81. The van der Waals surface area contributed by atoms with Gasteiger partial charge in [0, 0.05) is 38.4 Å². The maximum Gasteiger partial charge on any atom is 0.143 e. The van der Waals surface area contributed by atoms with Crippen molar-refractivity contribution in [2.45, 2.75) is 0 Å². The predicted octanol–water partition coefficient (Wildman–Crippen LogP) is 14.6. The molecule has 0 bridgehead atoms. The number of hydrogen-bond donors (Lipinski definition) is 0. The van der Waals surface area contributed by atoms with Crippen LogP contribution in [0.15, 0.2) is 197 Å². The van der Waals surface area contributed by atoms with Crippen molar-refractivity contribution in [3.63, 3.8) is 0 Å². The van der Waals surface area contributed by atoms with Crippen LogP contribution in [-0.2, 0) is 0 Å². The number of furan rings is 2. The highest BCUT2D eigenvalue weighted by molar-refractivity contribution is 6.24. The van der Waals surface area contributed by atoms with E-state index in [0.29, 0.717) is 0 Å². The number of para-hydroxylation sites is 3. The summed E-state index contributed by atoms with van der Waals surface area (Å²) in [7, 11) is 0. The van der Waals surface area contributed by atoms with Crippen LogP contribution < -0.4 is 4.90 Å². The van der Waals surface area contributed by atoms with E-state index in [1.807, 2.05) is 18.2 Å². The Bertz CT molecular complexity index is 3170. The second kappa shape index (κ2) is 11.7. The molecule has 248 valence electrons. The molecule has 0 atom stereocenters. The fraction of sp³-hybridized carbons (Fsp3) is 0. The molecule has 11 rings (SSSR count). The molecule has 0 spiro atoms. The third-order valence-electron chi connectivity index (χ3n) is 10.7. The summed E-state index contributed by atoms with van der Waals surface area (Å²) in [6.45, 7) is 0. The van der Waals surface area contributed by atoms with Gasteiger partial charge in [-0.05, 0) is 63.7 Å². The molecule has 9 aromatic carbocycles. The molecule has 2 aromatic heterocycles. The summed E-state index contributed by atoms with van der Waals surface area (Å²) in [5.74, 6) is 0. The second-order valence-corrected chi connectivity index (χ2v) is 13.6. The van der Waals surface area contributed by atoms with Gasteiger partial charge in [0.15, 0.2) is 0 Å². The van der Waals surface area contributed by atoms with E-state index in [0.717, 1.165) is 77.6 Å². The van der Waals surface area contributed by atoms with Gasteiger partial charge in [0.2, 0.25) is 0 Å². The molecule has 0 aliphatic heterocycles. The lowest BCUT2D eigenvalue weighted by Gasteiger charge is -2.31. The quantitative estimate of drug-likeness (QED) is 0.170. The molecule has 0 amide bonds. The van der Waals surface area contributed by atoms with Crippen molar-refractivity contribution in [1.29, 1.82) is 0 Å². The number of rotatable bonds is 5. The highest BCUT2D eigenvalue weighted by Crippen LogP contribution is 2.51. The lowest BCUT2D eigenvalue weighted by molar-refractivity contribution is 0.669. The Morgan fingerprint density at radius 3 is 1.68 bits per heavy atom. The zero-order chi connectivity index (χ0) is 34.9. The van der Waals surface area contributed by atoms with Gasteiger partial charge in [0.05, 0.1) is 16.8 Å². The molecule has 3 nitrogen and oxygen atoms in total. The monoisotopic (exact) mass is 677 g/mol. The lowest BCUT2D eigenvalue weighted by Crippen LogP contribution is -2.12. The summed E-state index contributed by atoms with van der Waals surface area (Å²) < 4.78 is 13.0. The number of benzene rings is 9. The van der Waals surface area contributed by atoms with E-state index in [-0.39, 0.29) is 0 Å². The first-order valence-corrected chi connectivity index (χ1v) is 18.0. The van der Waals surface area contributed by atoms with Crippen LogP contribution >= 0.6 is 0 Å². The fourth-order valence-electron chi connectivity index (χ4n) is 8.35. The van der Waals surface area contributed by atoms with E-state index in [1.54, 1.807) is 0 Å². The molecular formula is C50H31NO2. The molecule has 0 unspecified atom stereocenters. The van der Waals surface area contributed by atoms with Gasteiger partial charge < -0.3 is 13.7 Å². The number of fused-ring (bicyclic) bond motifs is 9. The van der Waals surface area contributed by atoms with Crippen molar-refractivity contribution < 1.29 is 8.83 Å². The smallest absolute Gasteiger partial charge is 0.143 e. The van der Waals surface area contributed by atoms with Crippen LogP contribution in [0.25, 0.3) is 87.7 Å². The summed E-state index contributed by atoms with van der Waals surface area (Å²) in [4.78, 5) is 2.45.